The number of ether oxygens (including phenoxy) is 2. The fourth-order valence-electron chi connectivity index (χ4n) is 1.81. The summed E-state index contributed by atoms with van der Waals surface area (Å²) in [6.45, 7) is 5.37. The Morgan fingerprint density at radius 2 is 2.14 bits per heavy atom. The van der Waals surface area contributed by atoms with Crippen LogP contribution >= 0.6 is 0 Å². The van der Waals surface area contributed by atoms with Gasteiger partial charge in [-0.15, -0.1) is 0 Å². The molecule has 21 heavy (non-hydrogen) atoms. The number of carbonyl (C=O) groups is 1. The van der Waals surface area contributed by atoms with E-state index in [0.717, 1.165) is 25.3 Å². The molecule has 0 saturated carbocycles. The molecule has 1 aromatic rings. The predicted molar refractivity (Wildman–Crippen MR) is 84.7 cm³/mol. The van der Waals surface area contributed by atoms with Crippen molar-refractivity contribution in [3.8, 4) is 0 Å². The molecule has 0 aliphatic carbocycles. The first-order valence-electron chi connectivity index (χ1n) is 7.06. The van der Waals surface area contributed by atoms with Gasteiger partial charge in [0.15, 0.2) is 0 Å². The molecule has 0 atom stereocenters. The molecule has 0 unspecified atom stereocenters. The summed E-state index contributed by atoms with van der Waals surface area (Å²) in [6, 6.07) is 5.15. The van der Waals surface area contributed by atoms with Crippen LogP contribution in [0.4, 0.5) is 11.4 Å². The van der Waals surface area contributed by atoms with Crippen molar-refractivity contribution >= 4 is 17.3 Å². The Balaban J connectivity index is 2.47. The van der Waals surface area contributed by atoms with Crippen LogP contribution in [0.2, 0.25) is 0 Å². The Bertz CT molecular complexity index is 452. The quantitative estimate of drug-likeness (QED) is 0.530. The second-order valence-corrected chi connectivity index (χ2v) is 4.75. The Kier molecular flexibility index (Phi) is 7.56. The SMILES string of the molecule is CCOC(=O)c1ccc(NCCN(C)CCOC)c(N)c1. The number of likely N-dealkylation sites (N-methyl/N-ethyl adjacent to an activating group) is 1. The highest BCUT2D eigenvalue weighted by atomic mass is 16.5. The van der Waals surface area contributed by atoms with Crippen molar-refractivity contribution < 1.29 is 14.3 Å². The molecule has 0 aromatic heterocycles. The van der Waals surface area contributed by atoms with E-state index >= 15 is 0 Å². The van der Waals surface area contributed by atoms with Crippen molar-refractivity contribution in [3.63, 3.8) is 0 Å². The van der Waals surface area contributed by atoms with E-state index in [1.807, 2.05) is 7.05 Å². The average Bonchev–Trinajstić information content (AvgIpc) is 2.47. The number of benzene rings is 1. The molecular formula is C15H25N3O3. The van der Waals surface area contributed by atoms with Crippen LogP contribution in [0, 0.1) is 0 Å². The van der Waals surface area contributed by atoms with E-state index in [2.05, 4.69) is 10.2 Å². The summed E-state index contributed by atoms with van der Waals surface area (Å²) in [5, 5.41) is 3.26. The van der Waals surface area contributed by atoms with E-state index in [4.69, 9.17) is 15.2 Å². The van der Waals surface area contributed by atoms with Gasteiger partial charge < -0.3 is 25.4 Å². The molecule has 0 bridgehead atoms. The minimum atomic E-state index is -0.352. The summed E-state index contributed by atoms with van der Waals surface area (Å²) in [5.41, 5.74) is 7.78. The number of nitrogens with one attached hydrogen (secondary N) is 1. The zero-order chi connectivity index (χ0) is 15.7. The van der Waals surface area contributed by atoms with Gasteiger partial charge in [-0.05, 0) is 32.2 Å². The first-order valence-corrected chi connectivity index (χ1v) is 7.06. The highest BCUT2D eigenvalue weighted by molar-refractivity contribution is 5.91. The van der Waals surface area contributed by atoms with Gasteiger partial charge in [-0.2, -0.15) is 0 Å². The largest absolute Gasteiger partial charge is 0.462 e. The van der Waals surface area contributed by atoms with Gasteiger partial charge in [-0.25, -0.2) is 4.79 Å². The molecular weight excluding hydrogens is 270 g/mol. The standard InChI is InChI=1S/C15H25N3O3/c1-4-21-15(19)12-5-6-14(13(16)11-12)17-7-8-18(2)9-10-20-3/h5-6,11,17H,4,7-10,16H2,1-3H3. The third-order valence-electron chi connectivity index (χ3n) is 3.05. The van der Waals surface area contributed by atoms with Gasteiger partial charge in [0, 0.05) is 26.7 Å². The molecule has 0 aliphatic heterocycles. The maximum absolute atomic E-state index is 11.6. The maximum Gasteiger partial charge on any atom is 0.338 e. The normalized spacial score (nSPS) is 10.7. The van der Waals surface area contributed by atoms with E-state index in [-0.39, 0.29) is 5.97 Å². The van der Waals surface area contributed by atoms with Crippen molar-refractivity contribution in [1.29, 1.82) is 0 Å². The number of rotatable bonds is 9. The second kappa shape index (κ2) is 9.20. The predicted octanol–water partition coefficient (Wildman–Crippen LogP) is 1.44. The molecule has 0 saturated heterocycles. The lowest BCUT2D eigenvalue weighted by atomic mass is 10.1. The summed E-state index contributed by atoms with van der Waals surface area (Å²) >= 11 is 0. The van der Waals surface area contributed by atoms with Gasteiger partial charge >= 0.3 is 5.97 Å². The monoisotopic (exact) mass is 295 g/mol. The average molecular weight is 295 g/mol. The van der Waals surface area contributed by atoms with Crippen LogP contribution in [0.5, 0.6) is 0 Å². The summed E-state index contributed by atoms with van der Waals surface area (Å²) < 4.78 is 9.97. The Morgan fingerprint density at radius 1 is 1.38 bits per heavy atom. The van der Waals surface area contributed by atoms with Crippen LogP contribution in [0.25, 0.3) is 0 Å². The van der Waals surface area contributed by atoms with Crippen LogP contribution < -0.4 is 11.1 Å². The van der Waals surface area contributed by atoms with Crippen molar-refractivity contribution in [3.05, 3.63) is 23.8 Å². The number of esters is 1. The van der Waals surface area contributed by atoms with Crippen LogP contribution in [0.1, 0.15) is 17.3 Å². The van der Waals surface area contributed by atoms with Gasteiger partial charge in [0.1, 0.15) is 0 Å². The minimum absolute atomic E-state index is 0.352. The third-order valence-corrected chi connectivity index (χ3v) is 3.05. The topological polar surface area (TPSA) is 76.8 Å². The highest BCUT2D eigenvalue weighted by Crippen LogP contribution is 2.20. The minimum Gasteiger partial charge on any atom is -0.462 e. The second-order valence-electron chi connectivity index (χ2n) is 4.75. The van der Waals surface area contributed by atoms with Gasteiger partial charge in [0.25, 0.3) is 0 Å². The molecule has 6 nitrogen and oxygen atoms in total. The smallest absolute Gasteiger partial charge is 0.338 e. The first-order chi connectivity index (χ1) is 10.1. The lowest BCUT2D eigenvalue weighted by Crippen LogP contribution is -2.28. The lowest BCUT2D eigenvalue weighted by Gasteiger charge is -2.17. The van der Waals surface area contributed by atoms with Crippen molar-refractivity contribution in [2.45, 2.75) is 6.92 Å². The zero-order valence-corrected chi connectivity index (χ0v) is 13.0. The molecule has 0 fully saturated rings. The van der Waals surface area contributed by atoms with Gasteiger partial charge in [0.2, 0.25) is 0 Å². The Hall–Kier alpha value is -1.79. The number of nitrogens with zero attached hydrogens (tertiary/aromatic N) is 1. The molecule has 0 amide bonds. The van der Waals surface area contributed by atoms with Gasteiger partial charge in [-0.1, -0.05) is 0 Å². The number of hydrogen-bond donors (Lipinski definition) is 2. The van der Waals surface area contributed by atoms with Gasteiger partial charge in [-0.3, -0.25) is 0 Å². The van der Waals surface area contributed by atoms with Crippen LogP contribution in [0.15, 0.2) is 18.2 Å². The molecule has 0 aliphatic rings. The number of methoxy groups -OCH3 is 1. The molecule has 3 N–H and O–H groups in total. The Labute approximate surface area is 126 Å². The summed E-state index contributed by atoms with van der Waals surface area (Å²) in [6.07, 6.45) is 0. The van der Waals surface area contributed by atoms with Crippen molar-refractivity contribution in [2.24, 2.45) is 0 Å². The number of carbonyl (C=O) groups excluding carboxylic acids is 1. The summed E-state index contributed by atoms with van der Waals surface area (Å²) in [4.78, 5) is 13.8. The molecule has 0 radical (unpaired) electrons. The molecule has 0 heterocycles. The zero-order valence-electron chi connectivity index (χ0n) is 13.0. The Morgan fingerprint density at radius 3 is 2.76 bits per heavy atom. The van der Waals surface area contributed by atoms with Crippen molar-refractivity contribution in [1.82, 2.24) is 4.90 Å². The molecule has 1 rings (SSSR count). The van der Waals surface area contributed by atoms with Crippen molar-refractivity contribution in [2.75, 3.05) is 58.1 Å². The summed E-state index contributed by atoms with van der Waals surface area (Å²) in [7, 11) is 3.73. The van der Waals surface area contributed by atoms with Crippen LogP contribution in [-0.2, 0) is 9.47 Å². The van der Waals surface area contributed by atoms with Gasteiger partial charge in [0.05, 0.1) is 30.2 Å². The number of anilines is 2. The molecule has 0 spiro atoms. The van der Waals surface area contributed by atoms with E-state index in [0.29, 0.717) is 24.5 Å². The summed E-state index contributed by atoms with van der Waals surface area (Å²) in [5.74, 6) is -0.352. The van der Waals surface area contributed by atoms with E-state index in [1.165, 1.54) is 0 Å². The number of nitrogens with two attached hydrogens (primary N) is 1. The molecule has 6 heteroatoms. The van der Waals surface area contributed by atoms with E-state index < -0.39 is 0 Å². The fourth-order valence-corrected chi connectivity index (χ4v) is 1.81. The van der Waals surface area contributed by atoms with Crippen LogP contribution in [0.3, 0.4) is 0 Å². The van der Waals surface area contributed by atoms with Crippen LogP contribution in [-0.4, -0.2) is 57.9 Å². The molecule has 1 aromatic carbocycles. The van der Waals surface area contributed by atoms with E-state index in [1.54, 1.807) is 32.2 Å². The lowest BCUT2D eigenvalue weighted by molar-refractivity contribution is 0.0526. The molecule has 118 valence electrons. The first kappa shape index (κ1) is 17.3. The third kappa shape index (κ3) is 6.01. The maximum atomic E-state index is 11.6. The van der Waals surface area contributed by atoms with E-state index in [9.17, 15) is 4.79 Å². The highest BCUT2D eigenvalue weighted by Gasteiger charge is 2.08. The number of nitrogen functional groups attached to an aromatic ring is 1. The number of hydrogen-bond acceptors (Lipinski definition) is 6. The fraction of sp³-hybridized carbons (Fsp3) is 0.533.